The van der Waals surface area contributed by atoms with E-state index in [2.05, 4.69) is 42.7 Å². The lowest BCUT2D eigenvalue weighted by molar-refractivity contribution is 0.534. The van der Waals surface area contributed by atoms with E-state index in [9.17, 15) is 0 Å². The Morgan fingerprint density at radius 3 is 3.12 bits per heavy atom. The van der Waals surface area contributed by atoms with Crippen molar-refractivity contribution in [1.29, 1.82) is 0 Å². The molecular formula is C14H22N2. The number of hydrogen-bond acceptors (Lipinski definition) is 2. The van der Waals surface area contributed by atoms with Crippen molar-refractivity contribution in [2.24, 2.45) is 0 Å². The number of fused-ring (bicyclic) bond motifs is 1. The minimum absolute atomic E-state index is 0.606. The van der Waals surface area contributed by atoms with E-state index in [1.807, 2.05) is 0 Å². The molecule has 0 radical (unpaired) electrons. The van der Waals surface area contributed by atoms with Crippen LogP contribution in [-0.2, 0) is 13.0 Å². The number of anilines is 1. The van der Waals surface area contributed by atoms with Gasteiger partial charge in [-0.05, 0) is 43.4 Å². The third-order valence-electron chi connectivity index (χ3n) is 3.38. The molecule has 2 nitrogen and oxygen atoms in total. The standard InChI is InChI=1S/C14H22N2/c1-3-11(2)16-10-12-6-7-14-13(9-12)5-4-8-15-14/h6-7,9,11,15-16H,3-5,8,10H2,1-2H3. The van der Waals surface area contributed by atoms with Crippen molar-refractivity contribution < 1.29 is 0 Å². The molecule has 0 spiro atoms. The maximum absolute atomic E-state index is 3.53. The molecule has 0 saturated carbocycles. The summed E-state index contributed by atoms with van der Waals surface area (Å²) in [6.07, 6.45) is 3.67. The summed E-state index contributed by atoms with van der Waals surface area (Å²) in [7, 11) is 0. The highest BCUT2D eigenvalue weighted by molar-refractivity contribution is 5.54. The summed E-state index contributed by atoms with van der Waals surface area (Å²) in [5, 5.41) is 6.98. The molecular weight excluding hydrogens is 196 g/mol. The molecule has 0 bridgehead atoms. The molecule has 0 fully saturated rings. The lowest BCUT2D eigenvalue weighted by atomic mass is 10.0. The van der Waals surface area contributed by atoms with Crippen molar-refractivity contribution in [1.82, 2.24) is 5.32 Å². The Morgan fingerprint density at radius 1 is 1.44 bits per heavy atom. The summed E-state index contributed by atoms with van der Waals surface area (Å²) in [5.41, 5.74) is 4.22. The van der Waals surface area contributed by atoms with Gasteiger partial charge in [-0.25, -0.2) is 0 Å². The van der Waals surface area contributed by atoms with Crippen LogP contribution in [0.4, 0.5) is 5.69 Å². The van der Waals surface area contributed by atoms with Crippen LogP contribution in [0.3, 0.4) is 0 Å². The molecule has 1 aliphatic rings. The number of rotatable bonds is 4. The van der Waals surface area contributed by atoms with Gasteiger partial charge in [0.05, 0.1) is 0 Å². The Kier molecular flexibility index (Phi) is 3.83. The molecule has 0 saturated heterocycles. The molecule has 1 unspecified atom stereocenters. The van der Waals surface area contributed by atoms with Crippen LogP contribution < -0.4 is 10.6 Å². The highest BCUT2D eigenvalue weighted by atomic mass is 14.9. The van der Waals surface area contributed by atoms with E-state index in [0.717, 1.165) is 13.1 Å². The zero-order chi connectivity index (χ0) is 11.4. The molecule has 1 aliphatic heterocycles. The van der Waals surface area contributed by atoms with Crippen molar-refractivity contribution in [3.05, 3.63) is 29.3 Å². The van der Waals surface area contributed by atoms with Crippen molar-refractivity contribution in [3.63, 3.8) is 0 Å². The zero-order valence-corrected chi connectivity index (χ0v) is 10.3. The van der Waals surface area contributed by atoms with Crippen LogP contribution in [0, 0.1) is 0 Å². The van der Waals surface area contributed by atoms with Crippen LogP contribution in [0.1, 0.15) is 37.8 Å². The average molecular weight is 218 g/mol. The molecule has 1 heterocycles. The van der Waals surface area contributed by atoms with Gasteiger partial charge >= 0.3 is 0 Å². The second-order valence-electron chi connectivity index (χ2n) is 4.71. The molecule has 0 amide bonds. The quantitative estimate of drug-likeness (QED) is 0.812. The van der Waals surface area contributed by atoms with Gasteiger partial charge in [0.2, 0.25) is 0 Å². The van der Waals surface area contributed by atoms with Gasteiger partial charge in [0.15, 0.2) is 0 Å². The largest absolute Gasteiger partial charge is 0.385 e. The van der Waals surface area contributed by atoms with Gasteiger partial charge in [-0.15, -0.1) is 0 Å². The van der Waals surface area contributed by atoms with Crippen LogP contribution in [0.25, 0.3) is 0 Å². The van der Waals surface area contributed by atoms with Crippen LogP contribution in [0.5, 0.6) is 0 Å². The Bertz CT molecular complexity index is 347. The Morgan fingerprint density at radius 2 is 2.31 bits per heavy atom. The van der Waals surface area contributed by atoms with Gasteiger partial charge in [-0.1, -0.05) is 19.1 Å². The van der Waals surface area contributed by atoms with E-state index < -0.39 is 0 Å². The molecule has 1 aromatic rings. The molecule has 0 aromatic heterocycles. The maximum Gasteiger partial charge on any atom is 0.0372 e. The van der Waals surface area contributed by atoms with Gasteiger partial charge in [0, 0.05) is 24.8 Å². The first-order chi connectivity index (χ1) is 7.79. The molecule has 0 aliphatic carbocycles. The van der Waals surface area contributed by atoms with Crippen LogP contribution in [0.15, 0.2) is 18.2 Å². The topological polar surface area (TPSA) is 24.1 Å². The van der Waals surface area contributed by atoms with Crippen molar-refractivity contribution >= 4 is 5.69 Å². The number of benzene rings is 1. The number of aryl methyl sites for hydroxylation is 1. The summed E-state index contributed by atoms with van der Waals surface area (Å²) < 4.78 is 0. The molecule has 2 rings (SSSR count). The predicted octanol–water partition coefficient (Wildman–Crippen LogP) is 2.93. The van der Waals surface area contributed by atoms with Crippen LogP contribution in [0.2, 0.25) is 0 Å². The fourth-order valence-electron chi connectivity index (χ4n) is 2.07. The lowest BCUT2D eigenvalue weighted by Crippen LogP contribution is -2.24. The molecule has 88 valence electrons. The fraction of sp³-hybridized carbons (Fsp3) is 0.571. The Balaban J connectivity index is 2.00. The van der Waals surface area contributed by atoms with Crippen molar-refractivity contribution in [2.75, 3.05) is 11.9 Å². The molecule has 2 heteroatoms. The van der Waals surface area contributed by atoms with Gasteiger partial charge < -0.3 is 10.6 Å². The average Bonchev–Trinajstić information content (AvgIpc) is 2.35. The Labute approximate surface area is 98.4 Å². The number of nitrogens with one attached hydrogen (secondary N) is 2. The molecule has 1 aromatic carbocycles. The van der Waals surface area contributed by atoms with E-state index in [-0.39, 0.29) is 0 Å². The Hall–Kier alpha value is -1.02. The van der Waals surface area contributed by atoms with Crippen LogP contribution >= 0.6 is 0 Å². The summed E-state index contributed by atoms with van der Waals surface area (Å²) >= 11 is 0. The second kappa shape index (κ2) is 5.35. The monoisotopic (exact) mass is 218 g/mol. The third-order valence-corrected chi connectivity index (χ3v) is 3.38. The van der Waals surface area contributed by atoms with E-state index in [1.165, 1.54) is 36.1 Å². The lowest BCUT2D eigenvalue weighted by Gasteiger charge is -2.19. The van der Waals surface area contributed by atoms with E-state index in [0.29, 0.717) is 6.04 Å². The minimum atomic E-state index is 0.606. The second-order valence-corrected chi connectivity index (χ2v) is 4.71. The predicted molar refractivity (Wildman–Crippen MR) is 69.8 cm³/mol. The SMILES string of the molecule is CCC(C)NCc1ccc2c(c1)CCCN2. The van der Waals surface area contributed by atoms with E-state index in [1.54, 1.807) is 0 Å². The molecule has 2 N–H and O–H groups in total. The normalized spacial score (nSPS) is 16.4. The van der Waals surface area contributed by atoms with Crippen molar-refractivity contribution in [3.8, 4) is 0 Å². The fourth-order valence-corrected chi connectivity index (χ4v) is 2.07. The molecule has 16 heavy (non-hydrogen) atoms. The first kappa shape index (κ1) is 11.5. The van der Waals surface area contributed by atoms with Crippen molar-refractivity contribution in [2.45, 2.75) is 45.7 Å². The highest BCUT2D eigenvalue weighted by Crippen LogP contribution is 2.22. The first-order valence-corrected chi connectivity index (χ1v) is 6.38. The molecule has 1 atom stereocenters. The third kappa shape index (κ3) is 2.76. The zero-order valence-electron chi connectivity index (χ0n) is 10.3. The van der Waals surface area contributed by atoms with Gasteiger partial charge in [0.1, 0.15) is 0 Å². The first-order valence-electron chi connectivity index (χ1n) is 6.38. The summed E-state index contributed by atoms with van der Waals surface area (Å²) in [6, 6.07) is 7.40. The van der Waals surface area contributed by atoms with Gasteiger partial charge in [-0.3, -0.25) is 0 Å². The maximum atomic E-state index is 3.53. The minimum Gasteiger partial charge on any atom is -0.385 e. The van der Waals surface area contributed by atoms with Gasteiger partial charge in [-0.2, -0.15) is 0 Å². The summed E-state index contributed by atoms with van der Waals surface area (Å²) in [6.45, 7) is 6.56. The summed E-state index contributed by atoms with van der Waals surface area (Å²) in [4.78, 5) is 0. The number of hydrogen-bond donors (Lipinski definition) is 2. The summed E-state index contributed by atoms with van der Waals surface area (Å²) in [5.74, 6) is 0. The van der Waals surface area contributed by atoms with Crippen LogP contribution in [-0.4, -0.2) is 12.6 Å². The smallest absolute Gasteiger partial charge is 0.0372 e. The van der Waals surface area contributed by atoms with E-state index in [4.69, 9.17) is 0 Å². The highest BCUT2D eigenvalue weighted by Gasteiger charge is 2.08. The van der Waals surface area contributed by atoms with E-state index >= 15 is 0 Å². The van der Waals surface area contributed by atoms with Gasteiger partial charge in [0.25, 0.3) is 0 Å².